The molecule has 19 heavy (non-hydrogen) atoms. The summed E-state index contributed by atoms with van der Waals surface area (Å²) in [5.41, 5.74) is 1.18. The predicted molar refractivity (Wildman–Crippen MR) is 84.4 cm³/mol. The Morgan fingerprint density at radius 2 is 2.16 bits per heavy atom. The lowest BCUT2D eigenvalue weighted by molar-refractivity contribution is 0.682. The second-order valence-corrected chi connectivity index (χ2v) is 6.09. The highest BCUT2D eigenvalue weighted by Gasteiger charge is 2.23. The van der Waals surface area contributed by atoms with Gasteiger partial charge in [0.25, 0.3) is 0 Å². The number of nitrogens with zero attached hydrogens (tertiary/aromatic N) is 3. The Bertz CT molecular complexity index is 436. The standard InChI is InChI=1S/C14H24N4S/c1-5-12-16-13(15-6-2)11(4)14(17-12)18-7-8-19-9-10(18)3/h10H,5-9H2,1-4H3,(H,15,16,17). The second kappa shape index (κ2) is 6.46. The Balaban J connectivity index is 2.39. The molecule has 1 aromatic heterocycles. The summed E-state index contributed by atoms with van der Waals surface area (Å²) in [6, 6.07) is 0.548. The first-order chi connectivity index (χ1) is 9.17. The molecule has 5 heteroatoms. The summed E-state index contributed by atoms with van der Waals surface area (Å²) in [5, 5.41) is 3.36. The summed E-state index contributed by atoms with van der Waals surface area (Å²) < 4.78 is 0. The fraction of sp³-hybridized carbons (Fsp3) is 0.714. The molecule has 1 N–H and O–H groups in total. The third-order valence-corrected chi connectivity index (χ3v) is 4.66. The maximum absolute atomic E-state index is 4.77. The van der Waals surface area contributed by atoms with Gasteiger partial charge in [-0.3, -0.25) is 0 Å². The summed E-state index contributed by atoms with van der Waals surface area (Å²) in [7, 11) is 0. The number of aromatic nitrogens is 2. The monoisotopic (exact) mass is 280 g/mol. The van der Waals surface area contributed by atoms with Gasteiger partial charge in [0.2, 0.25) is 0 Å². The zero-order valence-corrected chi connectivity index (χ0v) is 13.2. The van der Waals surface area contributed by atoms with E-state index in [0.29, 0.717) is 6.04 Å². The highest BCUT2D eigenvalue weighted by molar-refractivity contribution is 7.99. The zero-order chi connectivity index (χ0) is 13.8. The minimum Gasteiger partial charge on any atom is -0.370 e. The fourth-order valence-electron chi connectivity index (χ4n) is 2.37. The maximum Gasteiger partial charge on any atom is 0.137 e. The summed E-state index contributed by atoms with van der Waals surface area (Å²) in [6.45, 7) is 10.6. The van der Waals surface area contributed by atoms with Gasteiger partial charge in [-0.25, -0.2) is 9.97 Å². The maximum atomic E-state index is 4.77. The van der Waals surface area contributed by atoms with Gasteiger partial charge in [0.1, 0.15) is 17.5 Å². The Labute approximate surface area is 120 Å². The van der Waals surface area contributed by atoms with E-state index in [9.17, 15) is 0 Å². The second-order valence-electron chi connectivity index (χ2n) is 4.94. The van der Waals surface area contributed by atoms with Gasteiger partial charge in [-0.1, -0.05) is 6.92 Å². The molecule has 0 spiro atoms. The van der Waals surface area contributed by atoms with Gasteiger partial charge in [-0.2, -0.15) is 11.8 Å². The molecule has 0 bridgehead atoms. The Morgan fingerprint density at radius 3 is 2.79 bits per heavy atom. The zero-order valence-electron chi connectivity index (χ0n) is 12.4. The van der Waals surface area contributed by atoms with Crippen molar-refractivity contribution in [3.05, 3.63) is 11.4 Å². The number of rotatable bonds is 4. The first-order valence-corrected chi connectivity index (χ1v) is 8.28. The van der Waals surface area contributed by atoms with Crippen molar-refractivity contribution in [2.24, 2.45) is 0 Å². The van der Waals surface area contributed by atoms with Gasteiger partial charge in [-0.15, -0.1) is 0 Å². The van der Waals surface area contributed by atoms with Crippen molar-refractivity contribution in [2.45, 2.75) is 40.2 Å². The van der Waals surface area contributed by atoms with Gasteiger partial charge < -0.3 is 10.2 Å². The van der Waals surface area contributed by atoms with E-state index in [1.807, 2.05) is 11.8 Å². The molecule has 1 atom stereocenters. The molecule has 106 valence electrons. The van der Waals surface area contributed by atoms with Crippen molar-refractivity contribution >= 4 is 23.4 Å². The first-order valence-electron chi connectivity index (χ1n) is 7.13. The number of anilines is 2. The van der Waals surface area contributed by atoms with Gasteiger partial charge in [0.15, 0.2) is 0 Å². The molecular formula is C14H24N4S. The molecule has 1 fully saturated rings. The van der Waals surface area contributed by atoms with Crippen molar-refractivity contribution in [1.29, 1.82) is 0 Å². The minimum atomic E-state index is 0.548. The van der Waals surface area contributed by atoms with E-state index in [0.717, 1.165) is 37.0 Å². The first kappa shape index (κ1) is 14.4. The molecular weight excluding hydrogens is 256 g/mol. The highest BCUT2D eigenvalue weighted by Crippen LogP contribution is 2.28. The lowest BCUT2D eigenvalue weighted by Crippen LogP contribution is -2.41. The quantitative estimate of drug-likeness (QED) is 0.918. The minimum absolute atomic E-state index is 0.548. The average molecular weight is 280 g/mol. The van der Waals surface area contributed by atoms with Crippen molar-refractivity contribution in [3.63, 3.8) is 0 Å². The fourth-order valence-corrected chi connectivity index (χ4v) is 3.38. The predicted octanol–water partition coefficient (Wildman–Crippen LogP) is 2.72. The molecule has 4 nitrogen and oxygen atoms in total. The molecule has 0 aromatic carbocycles. The summed E-state index contributed by atoms with van der Waals surface area (Å²) >= 11 is 2.03. The number of hydrogen-bond donors (Lipinski definition) is 1. The van der Waals surface area contributed by atoms with E-state index >= 15 is 0 Å². The van der Waals surface area contributed by atoms with Crippen LogP contribution >= 0.6 is 11.8 Å². The van der Waals surface area contributed by atoms with Crippen molar-refractivity contribution in [2.75, 3.05) is 34.8 Å². The molecule has 1 aliphatic heterocycles. The van der Waals surface area contributed by atoms with Crippen LogP contribution in [0.25, 0.3) is 0 Å². The van der Waals surface area contributed by atoms with E-state index in [1.54, 1.807) is 0 Å². The Morgan fingerprint density at radius 1 is 1.37 bits per heavy atom. The molecule has 2 rings (SSSR count). The van der Waals surface area contributed by atoms with Crippen molar-refractivity contribution < 1.29 is 0 Å². The number of aryl methyl sites for hydroxylation is 1. The van der Waals surface area contributed by atoms with Gasteiger partial charge in [0, 0.05) is 42.6 Å². The van der Waals surface area contributed by atoms with Crippen LogP contribution in [0.15, 0.2) is 0 Å². The Hall–Kier alpha value is -0.970. The van der Waals surface area contributed by atoms with Crippen LogP contribution in [-0.2, 0) is 6.42 Å². The molecule has 1 aromatic rings. The van der Waals surface area contributed by atoms with E-state index in [4.69, 9.17) is 4.98 Å². The largest absolute Gasteiger partial charge is 0.370 e. The van der Waals surface area contributed by atoms with Crippen LogP contribution in [0, 0.1) is 6.92 Å². The highest BCUT2D eigenvalue weighted by atomic mass is 32.2. The number of hydrogen-bond acceptors (Lipinski definition) is 5. The molecule has 0 amide bonds. The third kappa shape index (κ3) is 3.14. The van der Waals surface area contributed by atoms with Crippen LogP contribution in [-0.4, -0.2) is 40.6 Å². The van der Waals surface area contributed by atoms with E-state index in [2.05, 4.69) is 42.9 Å². The van der Waals surface area contributed by atoms with Crippen LogP contribution < -0.4 is 10.2 Å². The molecule has 0 aliphatic carbocycles. The van der Waals surface area contributed by atoms with Crippen molar-refractivity contribution in [1.82, 2.24) is 9.97 Å². The summed E-state index contributed by atoms with van der Waals surface area (Å²) in [4.78, 5) is 11.8. The topological polar surface area (TPSA) is 41.1 Å². The Kier molecular flexibility index (Phi) is 4.91. The van der Waals surface area contributed by atoms with Crippen LogP contribution in [0.5, 0.6) is 0 Å². The smallest absolute Gasteiger partial charge is 0.137 e. The SMILES string of the molecule is CCNc1nc(CC)nc(N2CCSCC2C)c1C. The normalized spacial score (nSPS) is 19.6. The van der Waals surface area contributed by atoms with E-state index in [1.165, 1.54) is 17.1 Å². The van der Waals surface area contributed by atoms with Gasteiger partial charge in [-0.05, 0) is 20.8 Å². The molecule has 0 saturated carbocycles. The van der Waals surface area contributed by atoms with E-state index in [-0.39, 0.29) is 0 Å². The molecule has 1 saturated heterocycles. The average Bonchev–Trinajstić information content (AvgIpc) is 2.42. The molecule has 2 heterocycles. The van der Waals surface area contributed by atoms with Crippen LogP contribution in [0.2, 0.25) is 0 Å². The summed E-state index contributed by atoms with van der Waals surface area (Å²) in [5.74, 6) is 5.42. The lowest BCUT2D eigenvalue weighted by atomic mass is 10.2. The van der Waals surface area contributed by atoms with E-state index < -0.39 is 0 Å². The van der Waals surface area contributed by atoms with Crippen molar-refractivity contribution in [3.8, 4) is 0 Å². The molecule has 0 radical (unpaired) electrons. The van der Waals surface area contributed by atoms with Crippen LogP contribution in [0.1, 0.15) is 32.2 Å². The number of thioether (sulfide) groups is 1. The summed E-state index contributed by atoms with van der Waals surface area (Å²) in [6.07, 6.45) is 0.878. The van der Waals surface area contributed by atoms with Gasteiger partial charge >= 0.3 is 0 Å². The lowest BCUT2D eigenvalue weighted by Gasteiger charge is -2.35. The van der Waals surface area contributed by atoms with Crippen LogP contribution in [0.3, 0.4) is 0 Å². The number of nitrogens with one attached hydrogen (secondary N) is 1. The molecule has 1 unspecified atom stereocenters. The van der Waals surface area contributed by atoms with Gasteiger partial charge in [0.05, 0.1) is 0 Å². The third-order valence-electron chi connectivity index (χ3n) is 3.47. The molecule has 1 aliphatic rings. The van der Waals surface area contributed by atoms with Crippen LogP contribution in [0.4, 0.5) is 11.6 Å².